The molecule has 1 heterocycles. The molecule has 1 N–H and O–H groups in total. The van der Waals surface area contributed by atoms with Crippen molar-refractivity contribution in [2.24, 2.45) is 0 Å². The highest BCUT2D eigenvalue weighted by Gasteiger charge is 2.16. The molecule has 1 saturated heterocycles. The molecular weight excluding hydrogens is 350 g/mol. The molecule has 0 unspecified atom stereocenters. The van der Waals surface area contributed by atoms with Crippen LogP contribution in [0.4, 0.5) is 11.4 Å². The van der Waals surface area contributed by atoms with E-state index in [0.29, 0.717) is 0 Å². The van der Waals surface area contributed by atoms with Gasteiger partial charge in [-0.05, 0) is 68.3 Å². The molecule has 0 saturated carbocycles. The van der Waals surface area contributed by atoms with Crippen LogP contribution in [0.5, 0.6) is 5.75 Å². The molecule has 1 aliphatic rings. The molecule has 2 aromatic carbocycles. The minimum Gasteiger partial charge on any atom is -0.483 e. The van der Waals surface area contributed by atoms with Gasteiger partial charge in [-0.25, -0.2) is 0 Å². The Labute approximate surface area is 168 Å². The Bertz CT molecular complexity index is 827. The van der Waals surface area contributed by atoms with Crippen LogP contribution in [0, 0.1) is 20.8 Å². The van der Waals surface area contributed by atoms with E-state index in [2.05, 4.69) is 34.2 Å². The van der Waals surface area contributed by atoms with Crippen LogP contribution in [0.2, 0.25) is 0 Å². The summed E-state index contributed by atoms with van der Waals surface area (Å²) in [5.41, 5.74) is 5.27. The topological polar surface area (TPSA) is 44.8 Å². The zero-order chi connectivity index (χ0) is 20.1. The predicted octanol–water partition coefficient (Wildman–Crippen LogP) is 3.77. The number of carbonyl (C=O) groups is 1. The van der Waals surface area contributed by atoms with Gasteiger partial charge < -0.3 is 19.9 Å². The molecule has 1 aliphatic heterocycles. The molecule has 0 spiro atoms. The van der Waals surface area contributed by atoms with E-state index in [1.54, 1.807) is 0 Å². The number of likely N-dealkylation sites (N-methyl/N-ethyl adjacent to an activating group) is 1. The molecule has 150 valence electrons. The maximum absolute atomic E-state index is 12.3. The number of hydrogen-bond donors (Lipinski definition) is 1. The molecule has 0 aliphatic carbocycles. The van der Waals surface area contributed by atoms with Crippen molar-refractivity contribution in [1.29, 1.82) is 0 Å². The largest absolute Gasteiger partial charge is 0.483 e. The van der Waals surface area contributed by atoms with E-state index in [1.807, 2.05) is 45.0 Å². The van der Waals surface area contributed by atoms with E-state index in [-0.39, 0.29) is 12.5 Å². The average Bonchev–Trinajstić information content (AvgIpc) is 2.70. The summed E-state index contributed by atoms with van der Waals surface area (Å²) in [5.74, 6) is 0.613. The maximum atomic E-state index is 12.3. The van der Waals surface area contributed by atoms with Gasteiger partial charge in [-0.1, -0.05) is 19.1 Å². The molecule has 0 atom stereocenters. The first kappa shape index (κ1) is 20.2. The van der Waals surface area contributed by atoms with Crippen molar-refractivity contribution >= 4 is 17.3 Å². The molecule has 5 heteroatoms. The molecule has 2 aromatic rings. The fourth-order valence-electron chi connectivity index (χ4n) is 3.50. The molecule has 1 amide bonds. The number of nitrogens with zero attached hydrogens (tertiary/aromatic N) is 2. The monoisotopic (exact) mass is 381 g/mol. The normalized spacial score (nSPS) is 14.8. The summed E-state index contributed by atoms with van der Waals surface area (Å²) >= 11 is 0. The second kappa shape index (κ2) is 9.11. The number of benzene rings is 2. The highest BCUT2D eigenvalue weighted by atomic mass is 16.5. The molecule has 0 bridgehead atoms. The van der Waals surface area contributed by atoms with Gasteiger partial charge in [-0.3, -0.25) is 4.79 Å². The van der Waals surface area contributed by atoms with E-state index >= 15 is 0 Å². The number of anilines is 2. The number of hydrogen-bond acceptors (Lipinski definition) is 4. The first-order valence-electron chi connectivity index (χ1n) is 10.0. The standard InChI is InChI=1S/C23H31N3O2/c1-5-25-10-12-26(13-11-25)20-8-9-21(19(4)15-20)24-23(27)16-28-22-14-17(2)6-7-18(22)3/h6-9,14-15H,5,10-13,16H2,1-4H3,(H,24,27). The second-order valence-corrected chi connectivity index (χ2v) is 7.53. The highest BCUT2D eigenvalue weighted by Crippen LogP contribution is 2.24. The Balaban J connectivity index is 1.57. The Morgan fingerprint density at radius 3 is 2.43 bits per heavy atom. The number of amides is 1. The zero-order valence-corrected chi connectivity index (χ0v) is 17.4. The van der Waals surface area contributed by atoms with Crippen LogP contribution in [0.3, 0.4) is 0 Å². The molecule has 0 radical (unpaired) electrons. The van der Waals surface area contributed by atoms with E-state index in [1.165, 1.54) is 5.69 Å². The molecule has 5 nitrogen and oxygen atoms in total. The lowest BCUT2D eigenvalue weighted by molar-refractivity contribution is -0.118. The van der Waals surface area contributed by atoms with Gasteiger partial charge >= 0.3 is 0 Å². The predicted molar refractivity (Wildman–Crippen MR) is 116 cm³/mol. The molecular formula is C23H31N3O2. The van der Waals surface area contributed by atoms with Crippen molar-refractivity contribution in [3.8, 4) is 5.75 Å². The van der Waals surface area contributed by atoms with Crippen molar-refractivity contribution < 1.29 is 9.53 Å². The number of ether oxygens (including phenoxy) is 1. The highest BCUT2D eigenvalue weighted by molar-refractivity contribution is 5.92. The van der Waals surface area contributed by atoms with Crippen LogP contribution in [0.15, 0.2) is 36.4 Å². The van der Waals surface area contributed by atoms with Crippen LogP contribution in [0.1, 0.15) is 23.6 Å². The fraction of sp³-hybridized carbons (Fsp3) is 0.435. The lowest BCUT2D eigenvalue weighted by Crippen LogP contribution is -2.46. The quantitative estimate of drug-likeness (QED) is 0.827. The van der Waals surface area contributed by atoms with Gasteiger partial charge in [-0.15, -0.1) is 0 Å². The summed E-state index contributed by atoms with van der Waals surface area (Å²) in [5, 5.41) is 2.97. The molecule has 3 rings (SSSR count). The van der Waals surface area contributed by atoms with Crippen LogP contribution in [-0.2, 0) is 4.79 Å². The Hall–Kier alpha value is -2.53. The van der Waals surface area contributed by atoms with E-state index < -0.39 is 0 Å². The van der Waals surface area contributed by atoms with Crippen LogP contribution < -0.4 is 15.0 Å². The summed E-state index contributed by atoms with van der Waals surface area (Å²) in [4.78, 5) is 17.2. The molecule has 28 heavy (non-hydrogen) atoms. The zero-order valence-electron chi connectivity index (χ0n) is 17.4. The number of aryl methyl sites for hydroxylation is 3. The summed E-state index contributed by atoms with van der Waals surface area (Å²) < 4.78 is 5.71. The van der Waals surface area contributed by atoms with Crippen molar-refractivity contribution in [2.45, 2.75) is 27.7 Å². The first-order valence-corrected chi connectivity index (χ1v) is 10.0. The SMILES string of the molecule is CCN1CCN(c2ccc(NC(=O)COc3cc(C)ccc3C)c(C)c2)CC1. The smallest absolute Gasteiger partial charge is 0.262 e. The maximum Gasteiger partial charge on any atom is 0.262 e. The Morgan fingerprint density at radius 2 is 1.75 bits per heavy atom. The first-order chi connectivity index (χ1) is 13.5. The van der Waals surface area contributed by atoms with Crippen LogP contribution in [-0.4, -0.2) is 50.1 Å². The summed E-state index contributed by atoms with van der Waals surface area (Å²) in [6, 6.07) is 12.2. The molecule has 1 fully saturated rings. The third-order valence-corrected chi connectivity index (χ3v) is 5.37. The van der Waals surface area contributed by atoms with E-state index in [9.17, 15) is 4.79 Å². The fourth-order valence-corrected chi connectivity index (χ4v) is 3.50. The summed E-state index contributed by atoms with van der Waals surface area (Å²) in [7, 11) is 0. The average molecular weight is 382 g/mol. The van der Waals surface area contributed by atoms with Crippen LogP contribution in [0.25, 0.3) is 0 Å². The van der Waals surface area contributed by atoms with Gasteiger partial charge in [0, 0.05) is 37.6 Å². The lowest BCUT2D eigenvalue weighted by atomic mass is 10.1. The van der Waals surface area contributed by atoms with Gasteiger partial charge in [0.15, 0.2) is 6.61 Å². The molecule has 0 aromatic heterocycles. The van der Waals surface area contributed by atoms with Gasteiger partial charge in [0.1, 0.15) is 5.75 Å². The Morgan fingerprint density at radius 1 is 1.00 bits per heavy atom. The van der Waals surface area contributed by atoms with E-state index in [4.69, 9.17) is 4.74 Å². The van der Waals surface area contributed by atoms with E-state index in [0.717, 1.165) is 60.9 Å². The summed E-state index contributed by atoms with van der Waals surface area (Å²) in [6.45, 7) is 13.6. The Kier molecular flexibility index (Phi) is 6.57. The van der Waals surface area contributed by atoms with Crippen molar-refractivity contribution in [1.82, 2.24) is 4.90 Å². The summed E-state index contributed by atoms with van der Waals surface area (Å²) in [6.07, 6.45) is 0. The van der Waals surface area contributed by atoms with Gasteiger partial charge in [0.25, 0.3) is 5.91 Å². The van der Waals surface area contributed by atoms with Crippen molar-refractivity contribution in [2.75, 3.05) is 49.5 Å². The minimum absolute atomic E-state index is 0.00443. The third-order valence-electron chi connectivity index (χ3n) is 5.37. The second-order valence-electron chi connectivity index (χ2n) is 7.53. The van der Waals surface area contributed by atoms with Crippen LogP contribution >= 0.6 is 0 Å². The third kappa shape index (κ3) is 5.04. The van der Waals surface area contributed by atoms with Gasteiger partial charge in [-0.2, -0.15) is 0 Å². The number of nitrogens with one attached hydrogen (secondary N) is 1. The minimum atomic E-state index is -0.145. The number of carbonyl (C=O) groups excluding carboxylic acids is 1. The van der Waals surface area contributed by atoms with Gasteiger partial charge in [0.2, 0.25) is 0 Å². The lowest BCUT2D eigenvalue weighted by Gasteiger charge is -2.35. The number of rotatable bonds is 6. The van der Waals surface area contributed by atoms with Gasteiger partial charge in [0.05, 0.1) is 0 Å². The van der Waals surface area contributed by atoms with Crippen molar-refractivity contribution in [3.63, 3.8) is 0 Å². The number of piperazine rings is 1. The van der Waals surface area contributed by atoms with Crippen molar-refractivity contribution in [3.05, 3.63) is 53.1 Å².